The molecular weight excluding hydrogens is 394 g/mol. The molecule has 4 aliphatic rings. The molecule has 2 amide bonds. The Morgan fingerprint density at radius 2 is 1.13 bits per heavy atom. The second-order valence-corrected chi connectivity index (χ2v) is 9.38. The van der Waals surface area contributed by atoms with Crippen LogP contribution in [0.5, 0.6) is 0 Å². The van der Waals surface area contributed by atoms with Gasteiger partial charge in [0.2, 0.25) is 11.8 Å². The SMILES string of the molecule is CC12c3ccccc3C(C)(c3ccccc31)[C@H]1C(=O)N(c3cccc(Cl)c3)C(=O)[C@@H]12. The molecule has 4 heteroatoms. The van der Waals surface area contributed by atoms with Crippen LogP contribution in [0.1, 0.15) is 36.1 Å². The minimum Gasteiger partial charge on any atom is -0.274 e. The third-order valence-corrected chi connectivity index (χ3v) is 7.94. The molecule has 3 aromatic carbocycles. The lowest BCUT2D eigenvalue weighted by atomic mass is 9.42. The molecule has 1 saturated heterocycles. The predicted molar refractivity (Wildman–Crippen MR) is 117 cm³/mol. The fourth-order valence-corrected chi connectivity index (χ4v) is 6.62. The number of carbonyl (C=O) groups is 2. The van der Waals surface area contributed by atoms with Crippen molar-refractivity contribution in [1.82, 2.24) is 0 Å². The van der Waals surface area contributed by atoms with Gasteiger partial charge in [-0.3, -0.25) is 9.59 Å². The van der Waals surface area contributed by atoms with Gasteiger partial charge in [-0.1, -0.05) is 80.0 Å². The van der Waals surface area contributed by atoms with E-state index in [0.29, 0.717) is 10.7 Å². The first kappa shape index (κ1) is 17.9. The van der Waals surface area contributed by atoms with Crippen molar-refractivity contribution in [3.63, 3.8) is 0 Å². The van der Waals surface area contributed by atoms with Crippen LogP contribution in [0, 0.1) is 11.8 Å². The van der Waals surface area contributed by atoms with Crippen LogP contribution in [0.4, 0.5) is 5.69 Å². The normalized spacial score (nSPS) is 30.8. The number of halogens is 1. The van der Waals surface area contributed by atoms with Gasteiger partial charge in [0, 0.05) is 15.9 Å². The molecule has 0 spiro atoms. The van der Waals surface area contributed by atoms with Crippen molar-refractivity contribution in [2.45, 2.75) is 24.7 Å². The zero-order valence-electron chi connectivity index (χ0n) is 16.7. The maximum atomic E-state index is 13.9. The van der Waals surface area contributed by atoms with Crippen LogP contribution in [0.2, 0.25) is 5.02 Å². The van der Waals surface area contributed by atoms with Gasteiger partial charge >= 0.3 is 0 Å². The molecule has 3 nitrogen and oxygen atoms in total. The van der Waals surface area contributed by atoms with Gasteiger partial charge in [0.25, 0.3) is 0 Å². The highest BCUT2D eigenvalue weighted by Gasteiger charge is 2.70. The zero-order valence-corrected chi connectivity index (χ0v) is 17.5. The van der Waals surface area contributed by atoms with Gasteiger partial charge in [-0.15, -0.1) is 0 Å². The lowest BCUT2D eigenvalue weighted by molar-refractivity contribution is -0.124. The minimum absolute atomic E-state index is 0.134. The third-order valence-electron chi connectivity index (χ3n) is 7.71. The van der Waals surface area contributed by atoms with E-state index in [1.54, 1.807) is 24.3 Å². The van der Waals surface area contributed by atoms with Crippen LogP contribution in [0.25, 0.3) is 0 Å². The molecule has 0 aromatic heterocycles. The number of imide groups is 1. The summed E-state index contributed by atoms with van der Waals surface area (Å²) >= 11 is 6.19. The molecule has 0 radical (unpaired) electrons. The van der Waals surface area contributed by atoms with E-state index in [0.717, 1.165) is 22.3 Å². The first-order valence-corrected chi connectivity index (χ1v) is 10.6. The van der Waals surface area contributed by atoms with Gasteiger partial charge in [-0.2, -0.15) is 0 Å². The monoisotopic (exact) mass is 413 g/mol. The van der Waals surface area contributed by atoms with Crippen molar-refractivity contribution in [1.29, 1.82) is 0 Å². The van der Waals surface area contributed by atoms with Crippen molar-refractivity contribution in [2.75, 3.05) is 4.90 Å². The van der Waals surface area contributed by atoms with E-state index in [1.807, 2.05) is 24.3 Å². The second-order valence-electron chi connectivity index (χ2n) is 8.94. The van der Waals surface area contributed by atoms with E-state index < -0.39 is 22.7 Å². The minimum atomic E-state index is -0.560. The quantitative estimate of drug-likeness (QED) is 0.521. The Balaban J connectivity index is 1.67. The van der Waals surface area contributed by atoms with Crippen molar-refractivity contribution in [3.8, 4) is 0 Å². The summed E-state index contributed by atoms with van der Waals surface area (Å²) in [6, 6.07) is 23.6. The summed E-state index contributed by atoms with van der Waals surface area (Å²) < 4.78 is 0. The molecule has 0 N–H and O–H groups in total. The number of benzene rings is 3. The fraction of sp³-hybridized carbons (Fsp3) is 0.231. The molecule has 1 fully saturated rings. The van der Waals surface area contributed by atoms with Crippen LogP contribution < -0.4 is 4.90 Å². The summed E-state index contributed by atoms with van der Waals surface area (Å²) in [5, 5.41) is 0.509. The van der Waals surface area contributed by atoms with Gasteiger partial charge in [-0.25, -0.2) is 4.90 Å². The van der Waals surface area contributed by atoms with Gasteiger partial charge < -0.3 is 0 Å². The summed E-state index contributed by atoms with van der Waals surface area (Å²) in [5.74, 6) is -1.16. The van der Waals surface area contributed by atoms with Gasteiger partial charge in [-0.05, 0) is 40.5 Å². The largest absolute Gasteiger partial charge is 0.274 e. The molecule has 0 saturated carbocycles. The summed E-state index contributed by atoms with van der Waals surface area (Å²) in [5.41, 5.74) is 4.04. The number of anilines is 1. The highest BCUT2D eigenvalue weighted by atomic mass is 35.5. The van der Waals surface area contributed by atoms with Gasteiger partial charge in [0.1, 0.15) is 0 Å². The maximum Gasteiger partial charge on any atom is 0.238 e. The number of hydrogen-bond donors (Lipinski definition) is 0. The summed E-state index contributed by atoms with van der Waals surface area (Å²) in [6.45, 7) is 4.27. The van der Waals surface area contributed by atoms with Gasteiger partial charge in [0.05, 0.1) is 17.5 Å². The van der Waals surface area contributed by atoms with Crippen molar-refractivity contribution in [2.24, 2.45) is 11.8 Å². The number of nitrogens with zero attached hydrogens (tertiary/aromatic N) is 1. The zero-order chi connectivity index (χ0) is 20.8. The Hall–Kier alpha value is -2.91. The average Bonchev–Trinajstić information content (AvgIpc) is 3.03. The van der Waals surface area contributed by atoms with Crippen LogP contribution >= 0.6 is 11.6 Å². The Labute approximate surface area is 180 Å². The second kappa shape index (κ2) is 5.61. The molecule has 30 heavy (non-hydrogen) atoms. The van der Waals surface area contributed by atoms with Crippen LogP contribution in [0.15, 0.2) is 72.8 Å². The van der Waals surface area contributed by atoms with Crippen LogP contribution in [-0.2, 0) is 20.4 Å². The molecule has 3 aliphatic carbocycles. The highest BCUT2D eigenvalue weighted by Crippen LogP contribution is 2.66. The number of hydrogen-bond acceptors (Lipinski definition) is 2. The molecule has 1 aliphatic heterocycles. The molecule has 0 unspecified atom stereocenters. The van der Waals surface area contributed by atoms with E-state index in [-0.39, 0.29) is 11.8 Å². The van der Waals surface area contributed by atoms with E-state index >= 15 is 0 Å². The lowest BCUT2D eigenvalue weighted by Crippen LogP contribution is -2.59. The molecular formula is C26H20ClNO2. The Kier molecular flexibility index (Phi) is 3.35. The maximum absolute atomic E-state index is 13.9. The first-order valence-electron chi connectivity index (χ1n) is 10.2. The van der Waals surface area contributed by atoms with Crippen LogP contribution in [-0.4, -0.2) is 11.8 Å². The topological polar surface area (TPSA) is 37.4 Å². The summed E-state index contributed by atoms with van der Waals surface area (Å²) in [6.07, 6.45) is 0. The summed E-state index contributed by atoms with van der Waals surface area (Å²) in [7, 11) is 0. The molecule has 1 heterocycles. The number of rotatable bonds is 1. The molecule has 3 aromatic rings. The highest BCUT2D eigenvalue weighted by molar-refractivity contribution is 6.31. The Morgan fingerprint density at radius 3 is 1.53 bits per heavy atom. The Morgan fingerprint density at radius 1 is 0.700 bits per heavy atom. The van der Waals surface area contributed by atoms with E-state index in [1.165, 1.54) is 4.90 Å². The molecule has 148 valence electrons. The fourth-order valence-electron chi connectivity index (χ4n) is 6.44. The van der Waals surface area contributed by atoms with Crippen molar-refractivity contribution >= 4 is 29.1 Å². The summed E-state index contributed by atoms with van der Waals surface area (Å²) in [4.78, 5) is 29.1. The van der Waals surface area contributed by atoms with Crippen molar-refractivity contribution in [3.05, 3.63) is 100 Å². The lowest BCUT2D eigenvalue weighted by Gasteiger charge is -2.57. The predicted octanol–water partition coefficient (Wildman–Crippen LogP) is 5.08. The van der Waals surface area contributed by atoms with Crippen molar-refractivity contribution < 1.29 is 9.59 Å². The average molecular weight is 414 g/mol. The molecule has 7 rings (SSSR count). The smallest absolute Gasteiger partial charge is 0.238 e. The number of amides is 2. The van der Waals surface area contributed by atoms with Gasteiger partial charge in [0.15, 0.2) is 0 Å². The standard InChI is InChI=1S/C26H20ClNO2/c1-25-17-10-3-5-12-19(17)26(2,20-13-6-4-11-18(20)25)22-21(25)23(29)28(24(22)30)16-9-7-8-15(27)14-16/h3-14,21-22H,1-2H3/t21-,22-,25?,26?/m1/s1. The molecule has 2 bridgehead atoms. The van der Waals surface area contributed by atoms with E-state index in [4.69, 9.17) is 11.6 Å². The van der Waals surface area contributed by atoms with E-state index in [9.17, 15) is 9.59 Å². The number of carbonyl (C=O) groups excluding carboxylic acids is 2. The van der Waals surface area contributed by atoms with Crippen LogP contribution in [0.3, 0.4) is 0 Å². The third kappa shape index (κ3) is 1.83. The first-order chi connectivity index (χ1) is 14.4. The van der Waals surface area contributed by atoms with E-state index in [2.05, 4.69) is 38.1 Å². The molecule has 2 atom stereocenters. The Bertz CT molecular complexity index is 1140.